The van der Waals surface area contributed by atoms with Crippen LogP contribution in [0.4, 0.5) is 0 Å². The molecule has 0 aliphatic carbocycles. The maximum Gasteiger partial charge on any atom is 0.231 e. The first-order valence-electron chi connectivity index (χ1n) is 5.10. The largest absolute Gasteiger partial charge is 0.369 e. The van der Waals surface area contributed by atoms with Crippen molar-refractivity contribution in [3.05, 3.63) is 0 Å². The minimum Gasteiger partial charge on any atom is -0.369 e. The van der Waals surface area contributed by atoms with Crippen molar-refractivity contribution < 1.29 is 9.59 Å². The van der Waals surface area contributed by atoms with Crippen molar-refractivity contribution in [1.29, 1.82) is 0 Å². The van der Waals surface area contributed by atoms with Crippen LogP contribution in [-0.4, -0.2) is 48.9 Å². The van der Waals surface area contributed by atoms with Gasteiger partial charge in [0.2, 0.25) is 11.8 Å². The molecule has 1 aliphatic heterocycles. The molecule has 0 aromatic rings. The minimum absolute atomic E-state index is 0.223. The van der Waals surface area contributed by atoms with Gasteiger partial charge in [-0.2, -0.15) is 0 Å². The normalized spacial score (nSPS) is 18.9. The highest BCUT2D eigenvalue weighted by molar-refractivity contribution is 5.76. The summed E-state index contributed by atoms with van der Waals surface area (Å²) >= 11 is 0. The van der Waals surface area contributed by atoms with Crippen LogP contribution in [0.3, 0.4) is 0 Å². The highest BCUT2D eigenvalue weighted by atomic mass is 16.1. The first-order valence-corrected chi connectivity index (χ1v) is 5.10. The number of rotatable bonds is 5. The van der Waals surface area contributed by atoms with Gasteiger partial charge in [-0.05, 0) is 12.8 Å². The topological polar surface area (TPSA) is 101 Å². The molecule has 0 spiro atoms. The summed E-state index contributed by atoms with van der Waals surface area (Å²) in [5, 5.41) is 3.08. The highest BCUT2D eigenvalue weighted by Gasteiger charge is 2.19. The van der Waals surface area contributed by atoms with Crippen molar-refractivity contribution in [3.63, 3.8) is 0 Å². The Bertz CT molecular complexity index is 236. The summed E-state index contributed by atoms with van der Waals surface area (Å²) in [5.41, 5.74) is 10.1. The molecule has 86 valence electrons. The number of amides is 2. The molecule has 0 atom stereocenters. The molecule has 1 rings (SSSR count). The van der Waals surface area contributed by atoms with E-state index in [2.05, 4.69) is 5.32 Å². The molecule has 1 heterocycles. The maximum atomic E-state index is 10.7. The molecule has 0 aromatic heterocycles. The number of carbonyl (C=O) groups is 2. The molecule has 5 N–H and O–H groups in total. The SMILES string of the molecule is NC(=O)CNC1CCN(CC(N)=O)CC1. The number of carbonyl (C=O) groups excluding carboxylic acids is 2. The lowest BCUT2D eigenvalue weighted by Gasteiger charge is -2.31. The van der Waals surface area contributed by atoms with Crippen molar-refractivity contribution in [2.24, 2.45) is 11.5 Å². The number of nitrogens with zero attached hydrogens (tertiary/aromatic N) is 1. The van der Waals surface area contributed by atoms with Gasteiger partial charge in [-0.25, -0.2) is 0 Å². The molecule has 6 heteroatoms. The number of piperidine rings is 1. The van der Waals surface area contributed by atoms with Gasteiger partial charge < -0.3 is 16.8 Å². The monoisotopic (exact) mass is 214 g/mol. The summed E-state index contributed by atoms with van der Waals surface area (Å²) in [6, 6.07) is 0.321. The van der Waals surface area contributed by atoms with Crippen molar-refractivity contribution in [2.75, 3.05) is 26.2 Å². The van der Waals surface area contributed by atoms with Crippen molar-refractivity contribution in [3.8, 4) is 0 Å². The highest BCUT2D eigenvalue weighted by Crippen LogP contribution is 2.09. The van der Waals surface area contributed by atoms with Gasteiger partial charge in [-0.1, -0.05) is 0 Å². The van der Waals surface area contributed by atoms with Gasteiger partial charge in [0.15, 0.2) is 0 Å². The van der Waals surface area contributed by atoms with Gasteiger partial charge in [0.1, 0.15) is 0 Å². The van der Waals surface area contributed by atoms with Crippen LogP contribution in [0.15, 0.2) is 0 Å². The van der Waals surface area contributed by atoms with Crippen LogP contribution in [-0.2, 0) is 9.59 Å². The van der Waals surface area contributed by atoms with Gasteiger partial charge in [0.25, 0.3) is 0 Å². The number of likely N-dealkylation sites (tertiary alicyclic amines) is 1. The first kappa shape index (κ1) is 11.9. The van der Waals surface area contributed by atoms with E-state index in [4.69, 9.17) is 11.5 Å². The van der Waals surface area contributed by atoms with Crippen molar-refractivity contribution in [1.82, 2.24) is 10.2 Å². The van der Waals surface area contributed by atoms with E-state index in [0.717, 1.165) is 25.9 Å². The van der Waals surface area contributed by atoms with Crippen LogP contribution in [0, 0.1) is 0 Å². The summed E-state index contributed by atoms with van der Waals surface area (Å²) in [6.45, 7) is 2.21. The molecule has 15 heavy (non-hydrogen) atoms. The molecule has 0 bridgehead atoms. The average molecular weight is 214 g/mol. The quantitative estimate of drug-likeness (QED) is 0.493. The van der Waals surface area contributed by atoms with Crippen molar-refractivity contribution >= 4 is 11.8 Å². The van der Waals surface area contributed by atoms with Gasteiger partial charge in [-0.3, -0.25) is 14.5 Å². The predicted octanol–water partition coefficient (Wildman–Crippen LogP) is -1.99. The number of nitrogens with one attached hydrogen (secondary N) is 1. The third kappa shape index (κ3) is 4.75. The molecule has 2 amide bonds. The van der Waals surface area contributed by atoms with Crippen LogP contribution in [0.25, 0.3) is 0 Å². The van der Waals surface area contributed by atoms with E-state index < -0.39 is 0 Å². The third-order valence-electron chi connectivity index (χ3n) is 2.53. The minimum atomic E-state index is -0.338. The van der Waals surface area contributed by atoms with E-state index >= 15 is 0 Å². The molecule has 6 nitrogen and oxygen atoms in total. The van der Waals surface area contributed by atoms with Crippen LogP contribution >= 0.6 is 0 Å². The molecular weight excluding hydrogens is 196 g/mol. The fourth-order valence-electron chi connectivity index (χ4n) is 1.76. The molecule has 1 fully saturated rings. The molecule has 1 aliphatic rings. The summed E-state index contributed by atoms with van der Waals surface area (Å²) in [4.78, 5) is 23.2. The second-order valence-electron chi connectivity index (χ2n) is 3.86. The Morgan fingerprint density at radius 1 is 1.20 bits per heavy atom. The summed E-state index contributed by atoms with van der Waals surface area (Å²) in [6.07, 6.45) is 1.83. The van der Waals surface area contributed by atoms with E-state index in [1.54, 1.807) is 0 Å². The van der Waals surface area contributed by atoms with E-state index in [9.17, 15) is 9.59 Å². The van der Waals surface area contributed by atoms with Gasteiger partial charge in [0, 0.05) is 19.1 Å². The Morgan fingerprint density at radius 3 is 2.27 bits per heavy atom. The predicted molar refractivity (Wildman–Crippen MR) is 55.9 cm³/mol. The van der Waals surface area contributed by atoms with E-state index in [0.29, 0.717) is 12.6 Å². The third-order valence-corrected chi connectivity index (χ3v) is 2.53. The molecular formula is C9H18N4O2. The Hall–Kier alpha value is -1.14. The van der Waals surface area contributed by atoms with Crippen LogP contribution < -0.4 is 16.8 Å². The fraction of sp³-hybridized carbons (Fsp3) is 0.778. The lowest BCUT2D eigenvalue weighted by atomic mass is 10.1. The number of hydrogen-bond donors (Lipinski definition) is 3. The maximum absolute atomic E-state index is 10.7. The van der Waals surface area contributed by atoms with Gasteiger partial charge in [-0.15, -0.1) is 0 Å². The lowest BCUT2D eigenvalue weighted by Crippen LogP contribution is -2.46. The number of primary amides is 2. The zero-order valence-corrected chi connectivity index (χ0v) is 8.74. The second kappa shape index (κ2) is 5.67. The Kier molecular flexibility index (Phi) is 4.51. The second-order valence-corrected chi connectivity index (χ2v) is 3.86. The van der Waals surface area contributed by atoms with Crippen LogP contribution in [0.1, 0.15) is 12.8 Å². The van der Waals surface area contributed by atoms with Crippen molar-refractivity contribution in [2.45, 2.75) is 18.9 Å². The van der Waals surface area contributed by atoms with E-state index in [1.165, 1.54) is 0 Å². The van der Waals surface area contributed by atoms with Crippen LogP contribution in [0.5, 0.6) is 0 Å². The Balaban J connectivity index is 2.18. The van der Waals surface area contributed by atoms with Gasteiger partial charge >= 0.3 is 0 Å². The summed E-state index contributed by atoms with van der Waals surface area (Å²) in [7, 11) is 0. The summed E-state index contributed by atoms with van der Waals surface area (Å²) < 4.78 is 0. The van der Waals surface area contributed by atoms with E-state index in [-0.39, 0.29) is 18.4 Å². The standard InChI is InChI=1S/C9H18N4O2/c10-8(14)5-12-7-1-3-13(4-2-7)6-9(11)15/h7,12H,1-6H2,(H2,10,14)(H2,11,15). The van der Waals surface area contributed by atoms with Crippen LogP contribution in [0.2, 0.25) is 0 Å². The Labute approximate surface area is 89.0 Å². The zero-order valence-electron chi connectivity index (χ0n) is 8.74. The number of nitrogens with two attached hydrogens (primary N) is 2. The Morgan fingerprint density at radius 2 is 1.80 bits per heavy atom. The number of hydrogen-bond acceptors (Lipinski definition) is 4. The molecule has 0 saturated carbocycles. The van der Waals surface area contributed by atoms with Gasteiger partial charge in [0.05, 0.1) is 13.1 Å². The molecule has 0 unspecified atom stereocenters. The summed E-state index contributed by atoms with van der Waals surface area (Å²) in [5.74, 6) is -0.631. The molecule has 0 aromatic carbocycles. The van der Waals surface area contributed by atoms with E-state index in [1.807, 2.05) is 4.90 Å². The molecule has 1 saturated heterocycles. The zero-order chi connectivity index (χ0) is 11.3. The fourth-order valence-corrected chi connectivity index (χ4v) is 1.76. The lowest BCUT2D eigenvalue weighted by molar-refractivity contribution is -0.119. The first-order chi connectivity index (χ1) is 7.08. The molecule has 0 radical (unpaired) electrons. The average Bonchev–Trinajstić information content (AvgIpc) is 2.16. The smallest absolute Gasteiger partial charge is 0.231 e.